The molecule has 7 nitrogen and oxygen atoms in total. The van der Waals surface area contributed by atoms with Crippen molar-refractivity contribution in [3.8, 4) is 11.5 Å². The molecule has 0 atom stereocenters. The van der Waals surface area contributed by atoms with E-state index < -0.39 is 11.9 Å². The Bertz CT molecular complexity index is 637. The van der Waals surface area contributed by atoms with Gasteiger partial charge >= 0.3 is 6.03 Å². The molecule has 2 aromatic rings. The minimum atomic E-state index is -0.677. The number of carbonyl (C=O) groups excluding carboxylic acids is 2. The summed E-state index contributed by atoms with van der Waals surface area (Å²) >= 11 is 0. The molecule has 2 rings (SSSR count). The van der Waals surface area contributed by atoms with Crippen LogP contribution < -0.4 is 20.1 Å². The topological polar surface area (TPSA) is 89.8 Å². The van der Waals surface area contributed by atoms with E-state index in [9.17, 15) is 9.59 Å². The van der Waals surface area contributed by atoms with Crippen molar-refractivity contribution < 1.29 is 23.5 Å². The highest BCUT2D eigenvalue weighted by molar-refractivity contribution is 6.06. The monoisotopic (exact) mass is 290 g/mol. The zero-order chi connectivity index (χ0) is 15.2. The Morgan fingerprint density at radius 1 is 1.10 bits per heavy atom. The summed E-state index contributed by atoms with van der Waals surface area (Å²) < 4.78 is 15.1. The molecule has 1 aromatic carbocycles. The predicted molar refractivity (Wildman–Crippen MR) is 74.7 cm³/mol. The molecule has 3 amide bonds. The van der Waals surface area contributed by atoms with Gasteiger partial charge < -0.3 is 19.2 Å². The second kappa shape index (κ2) is 6.47. The largest absolute Gasteiger partial charge is 0.493 e. The molecule has 2 N–H and O–H groups in total. The molecule has 0 unspecified atom stereocenters. The van der Waals surface area contributed by atoms with E-state index in [-0.39, 0.29) is 5.76 Å². The van der Waals surface area contributed by atoms with Gasteiger partial charge in [-0.15, -0.1) is 0 Å². The number of methoxy groups -OCH3 is 2. The molecule has 7 heteroatoms. The van der Waals surface area contributed by atoms with Gasteiger partial charge in [0.2, 0.25) is 0 Å². The number of anilines is 1. The first-order valence-electron chi connectivity index (χ1n) is 6.02. The number of urea groups is 1. The van der Waals surface area contributed by atoms with E-state index in [4.69, 9.17) is 13.9 Å². The highest BCUT2D eigenvalue weighted by Gasteiger charge is 2.13. The molecule has 0 saturated carbocycles. The molecular weight excluding hydrogens is 276 g/mol. The van der Waals surface area contributed by atoms with Crippen molar-refractivity contribution >= 4 is 17.6 Å². The lowest BCUT2D eigenvalue weighted by molar-refractivity contribution is 0.0940. The fourth-order valence-electron chi connectivity index (χ4n) is 1.65. The highest BCUT2D eigenvalue weighted by atomic mass is 16.5. The molecule has 21 heavy (non-hydrogen) atoms. The van der Waals surface area contributed by atoms with Crippen LogP contribution in [0.3, 0.4) is 0 Å². The summed E-state index contributed by atoms with van der Waals surface area (Å²) in [5, 5.41) is 4.65. The summed E-state index contributed by atoms with van der Waals surface area (Å²) in [4.78, 5) is 23.3. The molecule has 0 aliphatic rings. The molecule has 0 spiro atoms. The number of ether oxygens (including phenoxy) is 2. The van der Waals surface area contributed by atoms with Gasteiger partial charge in [0.1, 0.15) is 0 Å². The minimum absolute atomic E-state index is 0.0532. The maximum Gasteiger partial charge on any atom is 0.326 e. The van der Waals surface area contributed by atoms with Crippen LogP contribution in [0.2, 0.25) is 0 Å². The van der Waals surface area contributed by atoms with Gasteiger partial charge in [-0.25, -0.2) is 4.79 Å². The summed E-state index contributed by atoms with van der Waals surface area (Å²) in [5.41, 5.74) is 0.456. The van der Waals surface area contributed by atoms with E-state index in [1.165, 1.54) is 26.5 Å². The third kappa shape index (κ3) is 3.53. The number of hydrogen-bond donors (Lipinski definition) is 2. The van der Waals surface area contributed by atoms with Crippen molar-refractivity contribution in [1.82, 2.24) is 5.32 Å². The fraction of sp³-hybridized carbons (Fsp3) is 0.143. The molecule has 0 aliphatic heterocycles. The second-order valence-corrected chi connectivity index (χ2v) is 3.96. The fourth-order valence-corrected chi connectivity index (χ4v) is 1.65. The van der Waals surface area contributed by atoms with E-state index >= 15 is 0 Å². The number of rotatable bonds is 4. The van der Waals surface area contributed by atoms with Crippen molar-refractivity contribution in [2.75, 3.05) is 19.5 Å². The predicted octanol–water partition coefficient (Wildman–Crippen LogP) is 2.26. The van der Waals surface area contributed by atoms with Gasteiger partial charge in [-0.05, 0) is 24.3 Å². The van der Waals surface area contributed by atoms with E-state index in [1.54, 1.807) is 24.3 Å². The standard InChI is InChI=1S/C14H14N2O5/c1-19-10-6-5-9(8-12(10)20-2)15-14(18)16-13(17)11-4-3-7-21-11/h3-8H,1-2H3,(H2,15,16,17,18). The summed E-state index contributed by atoms with van der Waals surface area (Å²) in [6, 6.07) is 7.18. The van der Waals surface area contributed by atoms with E-state index in [1.807, 2.05) is 0 Å². The summed E-state index contributed by atoms with van der Waals surface area (Å²) in [5.74, 6) is 0.429. The molecule has 0 aliphatic carbocycles. The number of amides is 3. The van der Waals surface area contributed by atoms with Crippen molar-refractivity contribution in [3.63, 3.8) is 0 Å². The van der Waals surface area contributed by atoms with Gasteiger partial charge in [0.25, 0.3) is 5.91 Å². The van der Waals surface area contributed by atoms with Crippen molar-refractivity contribution in [1.29, 1.82) is 0 Å². The molecule has 1 heterocycles. The summed E-state index contributed by atoms with van der Waals surface area (Å²) in [6.07, 6.45) is 1.35. The lowest BCUT2D eigenvalue weighted by Crippen LogP contribution is -2.34. The molecule has 0 bridgehead atoms. The maximum atomic E-state index is 11.7. The van der Waals surface area contributed by atoms with E-state index in [0.29, 0.717) is 17.2 Å². The number of nitrogens with one attached hydrogen (secondary N) is 2. The highest BCUT2D eigenvalue weighted by Crippen LogP contribution is 2.29. The SMILES string of the molecule is COc1ccc(NC(=O)NC(=O)c2ccco2)cc1OC. The average molecular weight is 290 g/mol. The van der Waals surface area contributed by atoms with Crippen LogP contribution in [-0.2, 0) is 0 Å². The third-order valence-corrected chi connectivity index (χ3v) is 2.61. The average Bonchev–Trinajstić information content (AvgIpc) is 3.01. The van der Waals surface area contributed by atoms with Crippen LogP contribution in [0.25, 0.3) is 0 Å². The van der Waals surface area contributed by atoms with Crippen LogP contribution in [0.15, 0.2) is 41.0 Å². The van der Waals surface area contributed by atoms with Crippen LogP contribution in [0.1, 0.15) is 10.6 Å². The van der Waals surface area contributed by atoms with E-state index in [2.05, 4.69) is 10.6 Å². The number of carbonyl (C=O) groups is 2. The molecule has 110 valence electrons. The van der Waals surface area contributed by atoms with Gasteiger partial charge in [0.15, 0.2) is 17.3 Å². The molecule has 1 aromatic heterocycles. The Morgan fingerprint density at radius 3 is 2.48 bits per heavy atom. The smallest absolute Gasteiger partial charge is 0.326 e. The van der Waals surface area contributed by atoms with Crippen LogP contribution >= 0.6 is 0 Å². The van der Waals surface area contributed by atoms with E-state index in [0.717, 1.165) is 0 Å². The lowest BCUT2D eigenvalue weighted by atomic mass is 10.3. The Morgan fingerprint density at radius 2 is 1.86 bits per heavy atom. The first kappa shape index (κ1) is 14.4. The number of benzene rings is 1. The number of imide groups is 1. The Labute approximate surface area is 120 Å². The van der Waals surface area contributed by atoms with Crippen molar-refractivity contribution in [2.24, 2.45) is 0 Å². The summed E-state index contributed by atoms with van der Waals surface area (Å²) in [7, 11) is 3.00. The van der Waals surface area contributed by atoms with Gasteiger partial charge in [0, 0.05) is 11.8 Å². The number of furan rings is 1. The quantitative estimate of drug-likeness (QED) is 0.901. The van der Waals surface area contributed by atoms with Crippen LogP contribution in [-0.4, -0.2) is 26.2 Å². The Balaban J connectivity index is 2.01. The van der Waals surface area contributed by atoms with Crippen LogP contribution in [0, 0.1) is 0 Å². The molecule has 0 fully saturated rings. The first-order valence-corrected chi connectivity index (χ1v) is 6.02. The Hall–Kier alpha value is -2.96. The van der Waals surface area contributed by atoms with Crippen molar-refractivity contribution in [3.05, 3.63) is 42.4 Å². The van der Waals surface area contributed by atoms with Gasteiger partial charge in [0.05, 0.1) is 20.5 Å². The van der Waals surface area contributed by atoms with Crippen molar-refractivity contribution in [2.45, 2.75) is 0 Å². The third-order valence-electron chi connectivity index (χ3n) is 2.61. The molecular formula is C14H14N2O5. The number of hydrogen-bond acceptors (Lipinski definition) is 5. The zero-order valence-corrected chi connectivity index (χ0v) is 11.5. The molecule has 0 saturated heterocycles. The zero-order valence-electron chi connectivity index (χ0n) is 11.5. The van der Waals surface area contributed by atoms with Gasteiger partial charge in [-0.1, -0.05) is 0 Å². The van der Waals surface area contributed by atoms with Crippen LogP contribution in [0.4, 0.5) is 10.5 Å². The maximum absolute atomic E-state index is 11.7. The molecule has 0 radical (unpaired) electrons. The minimum Gasteiger partial charge on any atom is -0.493 e. The second-order valence-electron chi connectivity index (χ2n) is 3.96. The normalized spacial score (nSPS) is 9.81. The van der Waals surface area contributed by atoms with Gasteiger partial charge in [-0.3, -0.25) is 10.1 Å². The Kier molecular flexibility index (Phi) is 4.45. The van der Waals surface area contributed by atoms with Gasteiger partial charge in [-0.2, -0.15) is 0 Å². The summed E-state index contributed by atoms with van der Waals surface area (Å²) in [6.45, 7) is 0. The first-order chi connectivity index (χ1) is 10.1. The van der Waals surface area contributed by atoms with Crippen LogP contribution in [0.5, 0.6) is 11.5 Å². The lowest BCUT2D eigenvalue weighted by Gasteiger charge is -2.10.